The molecule has 0 atom stereocenters. The minimum atomic E-state index is 0.830. The molecule has 2 rings (SSSR count). The zero-order valence-electron chi connectivity index (χ0n) is 9.62. The third-order valence-electron chi connectivity index (χ3n) is 2.87. The summed E-state index contributed by atoms with van der Waals surface area (Å²) in [6, 6.07) is 12.1. The van der Waals surface area contributed by atoms with Crippen molar-refractivity contribution in [2.75, 3.05) is 0 Å². The van der Waals surface area contributed by atoms with Gasteiger partial charge in [0.15, 0.2) is 0 Å². The molecule has 0 heterocycles. The van der Waals surface area contributed by atoms with Crippen LogP contribution < -0.4 is 10.9 Å². The van der Waals surface area contributed by atoms with Crippen molar-refractivity contribution in [1.29, 1.82) is 0 Å². The van der Waals surface area contributed by atoms with E-state index in [0.29, 0.717) is 0 Å². The van der Waals surface area contributed by atoms with Gasteiger partial charge >= 0.3 is 0 Å². The Balaban J connectivity index is 2.50. The number of hydrogen-bond donors (Lipinski definition) is 0. The molecule has 0 aliphatic rings. The second-order valence-corrected chi connectivity index (χ2v) is 4.14. The Morgan fingerprint density at radius 3 is 1.38 bits per heavy atom. The van der Waals surface area contributed by atoms with Crippen LogP contribution in [0.4, 0.5) is 0 Å². The summed E-state index contributed by atoms with van der Waals surface area (Å²) in [6.07, 6.45) is 0. The standard InChI is InChI=1S/C14H12B2/c1-9-7-11(3-5-13(9)15)12-4-6-14(16)10(2)8-12/h3-8H,1-2H3. The normalized spacial score (nSPS) is 10.4. The molecular weight excluding hydrogens is 190 g/mol. The maximum atomic E-state index is 5.80. The van der Waals surface area contributed by atoms with Gasteiger partial charge in [0.25, 0.3) is 0 Å². The van der Waals surface area contributed by atoms with Crippen LogP contribution in [0.2, 0.25) is 0 Å². The van der Waals surface area contributed by atoms with Crippen LogP contribution in [-0.2, 0) is 0 Å². The highest BCUT2D eigenvalue weighted by molar-refractivity contribution is 6.33. The molecule has 0 amide bonds. The van der Waals surface area contributed by atoms with E-state index in [1.165, 1.54) is 11.1 Å². The summed E-state index contributed by atoms with van der Waals surface area (Å²) in [6.45, 7) is 4.03. The Morgan fingerprint density at radius 2 is 1.06 bits per heavy atom. The Morgan fingerprint density at radius 1 is 0.688 bits per heavy atom. The smallest absolute Gasteiger partial charge is 0.0938 e. The van der Waals surface area contributed by atoms with Crippen LogP contribution in [0.1, 0.15) is 11.1 Å². The molecule has 2 heteroatoms. The Kier molecular flexibility index (Phi) is 2.91. The molecule has 0 saturated heterocycles. The Labute approximate surface area is 99.5 Å². The maximum Gasteiger partial charge on any atom is 0.114 e. The average molecular weight is 202 g/mol. The highest BCUT2D eigenvalue weighted by Crippen LogP contribution is 2.19. The Hall–Kier alpha value is -1.43. The van der Waals surface area contributed by atoms with Crippen molar-refractivity contribution in [3.63, 3.8) is 0 Å². The van der Waals surface area contributed by atoms with Gasteiger partial charge in [-0.05, 0) is 25.0 Å². The fraction of sp³-hybridized carbons (Fsp3) is 0.143. The van der Waals surface area contributed by atoms with E-state index in [9.17, 15) is 0 Å². The van der Waals surface area contributed by atoms with E-state index in [4.69, 9.17) is 15.7 Å². The van der Waals surface area contributed by atoms with Gasteiger partial charge in [0.2, 0.25) is 0 Å². The summed E-state index contributed by atoms with van der Waals surface area (Å²) in [5.74, 6) is 0. The summed E-state index contributed by atoms with van der Waals surface area (Å²) in [5.41, 5.74) is 6.22. The predicted molar refractivity (Wildman–Crippen MR) is 72.1 cm³/mol. The molecule has 74 valence electrons. The summed E-state index contributed by atoms with van der Waals surface area (Å²) in [7, 11) is 11.6. The van der Waals surface area contributed by atoms with Crippen LogP contribution in [0.25, 0.3) is 11.1 Å². The van der Waals surface area contributed by atoms with Crippen molar-refractivity contribution >= 4 is 26.6 Å². The van der Waals surface area contributed by atoms with Gasteiger partial charge in [-0.15, -0.1) is 0 Å². The second kappa shape index (κ2) is 4.21. The fourth-order valence-electron chi connectivity index (χ4n) is 1.71. The summed E-state index contributed by atoms with van der Waals surface area (Å²) in [4.78, 5) is 0. The van der Waals surface area contributed by atoms with Crippen LogP contribution in [0.15, 0.2) is 36.4 Å². The van der Waals surface area contributed by atoms with Crippen LogP contribution in [0.5, 0.6) is 0 Å². The van der Waals surface area contributed by atoms with Gasteiger partial charge in [-0.1, -0.05) is 58.5 Å². The molecule has 0 N–H and O–H groups in total. The molecule has 0 spiro atoms. The van der Waals surface area contributed by atoms with Gasteiger partial charge in [-0.2, -0.15) is 0 Å². The van der Waals surface area contributed by atoms with Gasteiger partial charge in [0.05, 0.1) is 0 Å². The molecule has 0 nitrogen and oxygen atoms in total. The monoisotopic (exact) mass is 202 g/mol. The van der Waals surface area contributed by atoms with E-state index in [1.807, 2.05) is 38.1 Å². The third-order valence-corrected chi connectivity index (χ3v) is 2.87. The minimum Gasteiger partial charge on any atom is -0.0938 e. The van der Waals surface area contributed by atoms with E-state index in [0.717, 1.165) is 22.1 Å². The highest BCUT2D eigenvalue weighted by atomic mass is 14.0. The SMILES string of the molecule is [B]c1ccc(-c2ccc([B])c(C)c2)cc1C. The van der Waals surface area contributed by atoms with Crippen LogP contribution >= 0.6 is 0 Å². The first kappa shape index (κ1) is 11.1. The second-order valence-electron chi connectivity index (χ2n) is 4.14. The summed E-state index contributed by atoms with van der Waals surface area (Å²) >= 11 is 0. The van der Waals surface area contributed by atoms with Crippen molar-refractivity contribution in [2.24, 2.45) is 0 Å². The lowest BCUT2D eigenvalue weighted by atomic mass is 9.86. The van der Waals surface area contributed by atoms with E-state index in [1.54, 1.807) is 0 Å². The van der Waals surface area contributed by atoms with Gasteiger partial charge in [0.1, 0.15) is 15.7 Å². The first-order valence-corrected chi connectivity index (χ1v) is 5.30. The predicted octanol–water partition coefficient (Wildman–Crippen LogP) is 1.56. The van der Waals surface area contributed by atoms with Gasteiger partial charge in [0, 0.05) is 0 Å². The zero-order chi connectivity index (χ0) is 11.7. The van der Waals surface area contributed by atoms with Crippen molar-refractivity contribution in [1.82, 2.24) is 0 Å². The van der Waals surface area contributed by atoms with Crippen LogP contribution in [0.3, 0.4) is 0 Å². The molecule has 0 aliphatic heterocycles. The molecule has 0 saturated carbocycles. The lowest BCUT2D eigenvalue weighted by Crippen LogP contribution is -2.07. The van der Waals surface area contributed by atoms with Gasteiger partial charge in [-0.25, -0.2) is 0 Å². The first-order valence-electron chi connectivity index (χ1n) is 5.30. The molecular formula is C14H12B2. The molecule has 0 aromatic heterocycles. The lowest BCUT2D eigenvalue weighted by Gasteiger charge is -2.08. The largest absolute Gasteiger partial charge is 0.114 e. The van der Waals surface area contributed by atoms with E-state index in [2.05, 4.69) is 12.1 Å². The van der Waals surface area contributed by atoms with E-state index in [-0.39, 0.29) is 0 Å². The number of aryl methyl sites for hydroxylation is 2. The van der Waals surface area contributed by atoms with E-state index >= 15 is 0 Å². The quantitative estimate of drug-likeness (QED) is 0.615. The number of hydrogen-bond acceptors (Lipinski definition) is 0. The van der Waals surface area contributed by atoms with Crippen molar-refractivity contribution in [3.8, 4) is 11.1 Å². The molecule has 0 unspecified atom stereocenters. The Bertz CT molecular complexity index is 481. The lowest BCUT2D eigenvalue weighted by molar-refractivity contribution is 1.48. The third kappa shape index (κ3) is 2.06. The van der Waals surface area contributed by atoms with Crippen molar-refractivity contribution in [3.05, 3.63) is 47.5 Å². The van der Waals surface area contributed by atoms with Gasteiger partial charge < -0.3 is 0 Å². The summed E-state index contributed by atoms with van der Waals surface area (Å²) < 4.78 is 0. The van der Waals surface area contributed by atoms with Crippen LogP contribution in [0, 0.1) is 13.8 Å². The van der Waals surface area contributed by atoms with Crippen molar-refractivity contribution in [2.45, 2.75) is 13.8 Å². The minimum absolute atomic E-state index is 0.830. The molecule has 0 fully saturated rings. The van der Waals surface area contributed by atoms with Crippen LogP contribution in [-0.4, -0.2) is 15.7 Å². The zero-order valence-corrected chi connectivity index (χ0v) is 9.62. The fourth-order valence-corrected chi connectivity index (χ4v) is 1.71. The number of rotatable bonds is 1. The first-order chi connectivity index (χ1) is 7.58. The number of benzene rings is 2. The van der Waals surface area contributed by atoms with Crippen molar-refractivity contribution < 1.29 is 0 Å². The average Bonchev–Trinajstić information content (AvgIpc) is 2.26. The molecule has 4 radical (unpaired) electrons. The molecule has 0 aliphatic carbocycles. The maximum absolute atomic E-state index is 5.80. The molecule has 2 aromatic carbocycles. The molecule has 0 bridgehead atoms. The molecule has 16 heavy (non-hydrogen) atoms. The topological polar surface area (TPSA) is 0 Å². The summed E-state index contributed by atoms with van der Waals surface area (Å²) in [5, 5.41) is 0. The van der Waals surface area contributed by atoms with Gasteiger partial charge in [-0.3, -0.25) is 0 Å². The van der Waals surface area contributed by atoms with E-state index < -0.39 is 0 Å². The highest BCUT2D eigenvalue weighted by Gasteiger charge is 2.01. The molecule has 2 aromatic rings.